The maximum atomic E-state index is 12.3. The van der Waals surface area contributed by atoms with Crippen LogP contribution in [0.1, 0.15) is 33.1 Å². The monoisotopic (exact) mass is 297 g/mol. The lowest BCUT2D eigenvalue weighted by molar-refractivity contribution is -0.138. The second kappa shape index (κ2) is 7.11. The molecule has 120 valence electrons. The quantitative estimate of drug-likeness (QED) is 0.821. The fourth-order valence-corrected chi connectivity index (χ4v) is 3.63. The summed E-state index contributed by atoms with van der Waals surface area (Å²) in [5.41, 5.74) is 0. The number of piperazine rings is 1. The molecule has 1 saturated carbocycles. The summed E-state index contributed by atoms with van der Waals surface area (Å²) in [5, 5.41) is 11.9. The Labute approximate surface area is 126 Å². The summed E-state index contributed by atoms with van der Waals surface area (Å²) in [4.78, 5) is 26.6. The number of urea groups is 1. The first-order valence-electron chi connectivity index (χ1n) is 7.93. The predicted octanol–water partition coefficient (Wildman–Crippen LogP) is 1.22. The lowest BCUT2D eigenvalue weighted by Gasteiger charge is -2.37. The molecule has 21 heavy (non-hydrogen) atoms. The Morgan fingerprint density at radius 1 is 1.05 bits per heavy atom. The van der Waals surface area contributed by atoms with Gasteiger partial charge in [-0.1, -0.05) is 13.8 Å². The van der Waals surface area contributed by atoms with Crippen LogP contribution in [0.4, 0.5) is 4.79 Å². The molecule has 2 rings (SSSR count). The van der Waals surface area contributed by atoms with Crippen LogP contribution < -0.4 is 5.32 Å². The van der Waals surface area contributed by atoms with Crippen LogP contribution in [0.2, 0.25) is 0 Å². The molecule has 0 aromatic carbocycles. The second-order valence-corrected chi connectivity index (χ2v) is 6.72. The largest absolute Gasteiger partial charge is 0.480 e. The van der Waals surface area contributed by atoms with Crippen molar-refractivity contribution < 1.29 is 14.7 Å². The molecule has 1 aliphatic carbocycles. The Bertz CT molecular complexity index is 370. The van der Waals surface area contributed by atoms with Crippen molar-refractivity contribution in [2.75, 3.05) is 32.7 Å². The predicted molar refractivity (Wildman–Crippen MR) is 80.1 cm³/mol. The number of aliphatic carboxylic acids is 1. The zero-order chi connectivity index (χ0) is 15.4. The molecule has 2 fully saturated rings. The maximum Gasteiger partial charge on any atom is 0.317 e. The van der Waals surface area contributed by atoms with E-state index in [2.05, 4.69) is 19.2 Å². The molecular weight excluding hydrogens is 270 g/mol. The molecule has 0 bridgehead atoms. The number of nitrogens with one attached hydrogen (secondary N) is 1. The van der Waals surface area contributed by atoms with E-state index in [1.165, 1.54) is 6.42 Å². The van der Waals surface area contributed by atoms with Crippen LogP contribution in [-0.2, 0) is 4.79 Å². The van der Waals surface area contributed by atoms with Gasteiger partial charge in [0, 0.05) is 32.2 Å². The molecule has 2 atom stereocenters. The van der Waals surface area contributed by atoms with Crippen molar-refractivity contribution in [3.8, 4) is 0 Å². The molecular formula is C15H27N3O3. The van der Waals surface area contributed by atoms with E-state index in [9.17, 15) is 9.59 Å². The number of carbonyl (C=O) groups excluding carboxylic acids is 1. The Hall–Kier alpha value is -1.30. The van der Waals surface area contributed by atoms with Crippen molar-refractivity contribution in [1.29, 1.82) is 0 Å². The van der Waals surface area contributed by atoms with Crippen molar-refractivity contribution in [3.05, 3.63) is 0 Å². The Kier molecular flexibility index (Phi) is 5.45. The molecule has 2 amide bonds. The van der Waals surface area contributed by atoms with Crippen LogP contribution in [0.3, 0.4) is 0 Å². The molecule has 2 N–H and O–H groups in total. The summed E-state index contributed by atoms with van der Waals surface area (Å²) in [5.74, 6) is 0.538. The average Bonchev–Trinajstić information content (AvgIpc) is 2.37. The van der Waals surface area contributed by atoms with E-state index in [0.29, 0.717) is 38.0 Å². The zero-order valence-corrected chi connectivity index (χ0v) is 13.0. The normalized spacial score (nSPS) is 31.0. The number of carbonyl (C=O) groups is 2. The van der Waals surface area contributed by atoms with Crippen molar-refractivity contribution >= 4 is 12.0 Å². The minimum Gasteiger partial charge on any atom is -0.480 e. The number of rotatable bonds is 3. The highest BCUT2D eigenvalue weighted by molar-refractivity contribution is 5.74. The SMILES string of the molecule is CC1CC(C)CC(NC(=O)N2CCN(CC(=O)O)CC2)C1. The van der Waals surface area contributed by atoms with Gasteiger partial charge in [-0.3, -0.25) is 9.69 Å². The Morgan fingerprint density at radius 3 is 2.14 bits per heavy atom. The molecule has 1 saturated heterocycles. The van der Waals surface area contributed by atoms with Gasteiger partial charge in [0.25, 0.3) is 0 Å². The summed E-state index contributed by atoms with van der Waals surface area (Å²) in [6.45, 7) is 7.05. The smallest absolute Gasteiger partial charge is 0.317 e. The highest BCUT2D eigenvalue weighted by atomic mass is 16.4. The first-order valence-corrected chi connectivity index (χ1v) is 7.93. The minimum absolute atomic E-state index is 0.0104. The molecule has 6 nitrogen and oxygen atoms in total. The van der Waals surface area contributed by atoms with Crippen LogP contribution in [-0.4, -0.2) is 65.7 Å². The van der Waals surface area contributed by atoms with Crippen molar-refractivity contribution in [2.45, 2.75) is 39.2 Å². The van der Waals surface area contributed by atoms with Gasteiger partial charge in [0.15, 0.2) is 0 Å². The lowest BCUT2D eigenvalue weighted by Crippen LogP contribution is -2.54. The van der Waals surface area contributed by atoms with E-state index in [-0.39, 0.29) is 18.6 Å². The first-order chi connectivity index (χ1) is 9.94. The number of amides is 2. The Morgan fingerprint density at radius 2 is 1.62 bits per heavy atom. The molecule has 2 aliphatic rings. The van der Waals surface area contributed by atoms with Crippen LogP contribution in [0, 0.1) is 11.8 Å². The van der Waals surface area contributed by atoms with Gasteiger partial charge < -0.3 is 15.3 Å². The minimum atomic E-state index is -0.807. The van der Waals surface area contributed by atoms with Crippen LogP contribution in [0.5, 0.6) is 0 Å². The molecule has 0 aromatic heterocycles. The van der Waals surface area contributed by atoms with E-state index >= 15 is 0 Å². The zero-order valence-electron chi connectivity index (χ0n) is 13.0. The molecule has 2 unspecified atom stereocenters. The summed E-state index contributed by atoms with van der Waals surface area (Å²) >= 11 is 0. The molecule has 0 aromatic rings. The van der Waals surface area contributed by atoms with E-state index < -0.39 is 5.97 Å². The second-order valence-electron chi connectivity index (χ2n) is 6.72. The molecule has 1 aliphatic heterocycles. The maximum absolute atomic E-state index is 12.3. The van der Waals surface area contributed by atoms with Gasteiger partial charge in [0.2, 0.25) is 0 Å². The fraction of sp³-hybridized carbons (Fsp3) is 0.867. The van der Waals surface area contributed by atoms with Gasteiger partial charge in [-0.2, -0.15) is 0 Å². The first kappa shape index (κ1) is 16.1. The third-order valence-corrected chi connectivity index (χ3v) is 4.52. The van der Waals surface area contributed by atoms with Crippen molar-refractivity contribution in [1.82, 2.24) is 15.1 Å². The van der Waals surface area contributed by atoms with E-state index in [1.807, 2.05) is 9.80 Å². The van der Waals surface area contributed by atoms with E-state index in [1.54, 1.807) is 0 Å². The highest BCUT2D eigenvalue weighted by Gasteiger charge is 2.28. The van der Waals surface area contributed by atoms with Gasteiger partial charge >= 0.3 is 12.0 Å². The van der Waals surface area contributed by atoms with Gasteiger partial charge in [0.05, 0.1) is 6.54 Å². The summed E-state index contributed by atoms with van der Waals surface area (Å²) in [6, 6.07) is 0.296. The van der Waals surface area contributed by atoms with Crippen LogP contribution in [0.25, 0.3) is 0 Å². The van der Waals surface area contributed by atoms with Gasteiger partial charge in [-0.15, -0.1) is 0 Å². The highest BCUT2D eigenvalue weighted by Crippen LogP contribution is 2.28. The Balaban J connectivity index is 1.75. The number of hydrogen-bond acceptors (Lipinski definition) is 3. The third kappa shape index (κ3) is 4.88. The summed E-state index contributed by atoms with van der Waals surface area (Å²) < 4.78 is 0. The third-order valence-electron chi connectivity index (χ3n) is 4.52. The summed E-state index contributed by atoms with van der Waals surface area (Å²) in [6.07, 6.45) is 3.38. The average molecular weight is 297 g/mol. The summed E-state index contributed by atoms with van der Waals surface area (Å²) in [7, 11) is 0. The van der Waals surface area contributed by atoms with Crippen LogP contribution >= 0.6 is 0 Å². The molecule has 0 radical (unpaired) electrons. The van der Waals surface area contributed by atoms with Crippen molar-refractivity contribution in [3.63, 3.8) is 0 Å². The molecule has 6 heteroatoms. The fourth-order valence-electron chi connectivity index (χ4n) is 3.63. The number of carboxylic acids is 1. The lowest BCUT2D eigenvalue weighted by atomic mass is 9.80. The standard InChI is InChI=1S/C15H27N3O3/c1-11-7-12(2)9-13(8-11)16-15(21)18-5-3-17(4-6-18)10-14(19)20/h11-13H,3-10H2,1-2H3,(H,16,21)(H,19,20). The number of carboxylic acid groups (broad SMARTS) is 1. The van der Waals surface area contributed by atoms with E-state index in [0.717, 1.165) is 12.8 Å². The number of hydrogen-bond donors (Lipinski definition) is 2. The van der Waals surface area contributed by atoms with Crippen molar-refractivity contribution in [2.24, 2.45) is 11.8 Å². The topological polar surface area (TPSA) is 72.9 Å². The van der Waals surface area contributed by atoms with Crippen LogP contribution in [0.15, 0.2) is 0 Å². The van der Waals surface area contributed by atoms with Gasteiger partial charge in [-0.05, 0) is 31.1 Å². The molecule has 0 spiro atoms. The van der Waals surface area contributed by atoms with Gasteiger partial charge in [-0.25, -0.2) is 4.79 Å². The number of nitrogens with zero attached hydrogens (tertiary/aromatic N) is 2. The molecule has 1 heterocycles. The van der Waals surface area contributed by atoms with Gasteiger partial charge in [0.1, 0.15) is 0 Å². The van der Waals surface area contributed by atoms with E-state index in [4.69, 9.17) is 5.11 Å².